The number of rotatable bonds is 1. The van der Waals surface area contributed by atoms with E-state index in [1.165, 1.54) is 0 Å². The molecule has 0 radical (unpaired) electrons. The number of hydrogen-bond acceptors (Lipinski definition) is 4. The Morgan fingerprint density at radius 1 is 1.12 bits per heavy atom. The lowest BCUT2D eigenvalue weighted by Crippen LogP contribution is -2.66. The van der Waals surface area contributed by atoms with Crippen LogP contribution in [-0.2, 0) is 4.79 Å². The predicted molar refractivity (Wildman–Crippen MR) is 90.1 cm³/mol. The largest absolute Gasteiger partial charge is 0.395 e. The number of Topliss-reactive ketones (excluding diaryl/α,β-unsaturated/α-hetero) is 1. The van der Waals surface area contributed by atoms with Crippen LogP contribution in [0.15, 0.2) is 12.2 Å². The highest BCUT2D eigenvalue weighted by Crippen LogP contribution is 2.70. The number of carbonyl (C=O) groups is 1. The molecule has 0 heterocycles. The van der Waals surface area contributed by atoms with Gasteiger partial charge < -0.3 is 15.3 Å². The van der Waals surface area contributed by atoms with Crippen molar-refractivity contribution in [2.45, 2.75) is 65.1 Å². The van der Waals surface area contributed by atoms with Crippen molar-refractivity contribution >= 4 is 5.78 Å². The van der Waals surface area contributed by atoms with Gasteiger partial charge in [0.1, 0.15) is 5.78 Å². The van der Waals surface area contributed by atoms with Gasteiger partial charge in [-0.25, -0.2) is 0 Å². The van der Waals surface area contributed by atoms with Crippen LogP contribution < -0.4 is 0 Å². The predicted octanol–water partition coefficient (Wildman–Crippen LogP) is 2.07. The highest BCUT2D eigenvalue weighted by molar-refractivity contribution is 5.89. The van der Waals surface area contributed by atoms with Crippen molar-refractivity contribution < 1.29 is 20.1 Å². The minimum atomic E-state index is -0.810. The Balaban J connectivity index is 1.85. The van der Waals surface area contributed by atoms with Gasteiger partial charge >= 0.3 is 0 Å². The van der Waals surface area contributed by atoms with Gasteiger partial charge in [0.05, 0.1) is 24.2 Å². The van der Waals surface area contributed by atoms with Gasteiger partial charge in [-0.1, -0.05) is 32.9 Å². The molecule has 134 valence electrons. The summed E-state index contributed by atoms with van der Waals surface area (Å²) >= 11 is 0. The summed E-state index contributed by atoms with van der Waals surface area (Å²) in [6, 6.07) is 0. The van der Waals surface area contributed by atoms with Crippen LogP contribution in [0, 0.1) is 33.5 Å². The first kappa shape index (κ1) is 16.7. The molecule has 2 bridgehead atoms. The molecule has 4 nitrogen and oxygen atoms in total. The summed E-state index contributed by atoms with van der Waals surface area (Å²) in [6.07, 6.45) is 6.13. The Morgan fingerprint density at radius 3 is 2.50 bits per heavy atom. The number of aliphatic hydroxyl groups is 3. The van der Waals surface area contributed by atoms with Crippen molar-refractivity contribution in [1.29, 1.82) is 0 Å². The Labute approximate surface area is 144 Å². The Bertz CT molecular complexity index is 611. The maximum atomic E-state index is 12.9. The molecule has 4 aliphatic carbocycles. The second-order valence-electron chi connectivity index (χ2n) is 9.83. The zero-order valence-corrected chi connectivity index (χ0v) is 15.0. The number of carbonyl (C=O) groups excluding carboxylic acids is 1. The van der Waals surface area contributed by atoms with Crippen molar-refractivity contribution in [1.82, 2.24) is 0 Å². The van der Waals surface area contributed by atoms with Gasteiger partial charge in [-0.15, -0.1) is 0 Å². The van der Waals surface area contributed by atoms with Crippen LogP contribution in [0.3, 0.4) is 0 Å². The normalized spacial score (nSPS) is 55.2. The van der Waals surface area contributed by atoms with E-state index in [1.54, 1.807) is 0 Å². The SMILES string of the molecule is CC1(C)CC[C@H](O)[C@]2(C)[C@@H]1C[C@H](O)[C@]13C=C[C@](CO)(C1)C(=O)C[C@H]32. The first-order valence-corrected chi connectivity index (χ1v) is 9.33. The number of aliphatic hydroxyl groups excluding tert-OH is 3. The van der Waals surface area contributed by atoms with E-state index in [9.17, 15) is 20.1 Å². The fourth-order valence-corrected chi connectivity index (χ4v) is 7.00. The van der Waals surface area contributed by atoms with Crippen LogP contribution in [0.4, 0.5) is 0 Å². The second-order valence-corrected chi connectivity index (χ2v) is 9.83. The van der Waals surface area contributed by atoms with Crippen LogP contribution >= 0.6 is 0 Å². The number of ketones is 1. The zero-order valence-electron chi connectivity index (χ0n) is 15.0. The van der Waals surface area contributed by atoms with Gasteiger partial charge in [0.2, 0.25) is 0 Å². The molecule has 1 spiro atoms. The monoisotopic (exact) mass is 334 g/mol. The molecule has 0 unspecified atom stereocenters. The van der Waals surface area contributed by atoms with Crippen molar-refractivity contribution in [3.05, 3.63) is 12.2 Å². The van der Waals surface area contributed by atoms with Crippen LogP contribution in [0.5, 0.6) is 0 Å². The van der Waals surface area contributed by atoms with Crippen LogP contribution in [0.25, 0.3) is 0 Å². The number of hydrogen-bond donors (Lipinski definition) is 3. The van der Waals surface area contributed by atoms with Crippen molar-refractivity contribution in [2.75, 3.05) is 6.61 Å². The Kier molecular flexibility index (Phi) is 3.29. The first-order valence-electron chi connectivity index (χ1n) is 9.33. The zero-order chi connectivity index (χ0) is 17.5. The van der Waals surface area contributed by atoms with Gasteiger partial charge in [-0.2, -0.15) is 0 Å². The lowest BCUT2D eigenvalue weighted by molar-refractivity contribution is -0.227. The van der Waals surface area contributed by atoms with Gasteiger partial charge in [0.15, 0.2) is 0 Å². The summed E-state index contributed by atoms with van der Waals surface area (Å²) in [7, 11) is 0. The fourth-order valence-electron chi connectivity index (χ4n) is 7.00. The summed E-state index contributed by atoms with van der Waals surface area (Å²) in [5, 5.41) is 32.0. The molecule has 0 aromatic carbocycles. The molecule has 0 aromatic rings. The molecule has 4 aliphatic rings. The Hall–Kier alpha value is -0.710. The van der Waals surface area contributed by atoms with E-state index in [0.29, 0.717) is 19.3 Å². The van der Waals surface area contributed by atoms with E-state index in [1.807, 2.05) is 12.2 Å². The van der Waals surface area contributed by atoms with Crippen molar-refractivity contribution in [2.24, 2.45) is 33.5 Å². The van der Waals surface area contributed by atoms with Gasteiger partial charge in [-0.3, -0.25) is 4.79 Å². The van der Waals surface area contributed by atoms with Crippen LogP contribution in [-0.4, -0.2) is 39.9 Å². The van der Waals surface area contributed by atoms with Gasteiger partial charge in [0.25, 0.3) is 0 Å². The molecular formula is C20H30O4. The average molecular weight is 334 g/mol. The Morgan fingerprint density at radius 2 is 1.83 bits per heavy atom. The van der Waals surface area contributed by atoms with Crippen molar-refractivity contribution in [3.63, 3.8) is 0 Å². The molecule has 3 fully saturated rings. The highest BCUT2D eigenvalue weighted by Gasteiger charge is 2.70. The van der Waals surface area contributed by atoms with Crippen molar-refractivity contribution in [3.8, 4) is 0 Å². The average Bonchev–Trinajstić information content (AvgIpc) is 2.88. The molecular weight excluding hydrogens is 304 g/mol. The molecule has 3 saturated carbocycles. The van der Waals surface area contributed by atoms with E-state index in [-0.39, 0.29) is 35.1 Å². The fraction of sp³-hybridized carbons (Fsp3) is 0.850. The molecule has 7 atom stereocenters. The third-order valence-corrected chi connectivity index (χ3v) is 8.51. The van der Waals surface area contributed by atoms with E-state index in [0.717, 1.165) is 12.8 Å². The minimum Gasteiger partial charge on any atom is -0.395 e. The second kappa shape index (κ2) is 4.72. The van der Waals surface area contributed by atoms with Crippen LogP contribution in [0.1, 0.15) is 52.9 Å². The summed E-state index contributed by atoms with van der Waals surface area (Å²) in [4.78, 5) is 12.9. The summed E-state index contributed by atoms with van der Waals surface area (Å²) in [5.41, 5.74) is -1.60. The first-order chi connectivity index (χ1) is 11.1. The number of fused-ring (bicyclic) bond motifs is 3. The topological polar surface area (TPSA) is 77.8 Å². The molecule has 4 heteroatoms. The summed E-state index contributed by atoms with van der Waals surface area (Å²) in [5.74, 6) is 0.214. The maximum Gasteiger partial charge on any atom is 0.145 e. The highest BCUT2D eigenvalue weighted by atomic mass is 16.3. The summed E-state index contributed by atoms with van der Waals surface area (Å²) < 4.78 is 0. The maximum absolute atomic E-state index is 12.9. The lowest BCUT2D eigenvalue weighted by atomic mass is 9.39. The molecule has 24 heavy (non-hydrogen) atoms. The van der Waals surface area contributed by atoms with E-state index >= 15 is 0 Å². The van der Waals surface area contributed by atoms with E-state index < -0.39 is 23.0 Å². The third kappa shape index (κ3) is 1.72. The molecule has 0 amide bonds. The summed E-state index contributed by atoms with van der Waals surface area (Å²) in [6.45, 7) is 6.43. The van der Waals surface area contributed by atoms with Gasteiger partial charge in [0, 0.05) is 17.3 Å². The molecule has 0 aromatic heterocycles. The van der Waals surface area contributed by atoms with E-state index in [4.69, 9.17) is 0 Å². The quantitative estimate of drug-likeness (QED) is 0.642. The van der Waals surface area contributed by atoms with E-state index in [2.05, 4.69) is 20.8 Å². The molecule has 0 aliphatic heterocycles. The third-order valence-electron chi connectivity index (χ3n) is 8.51. The molecule has 3 N–H and O–H groups in total. The minimum absolute atomic E-state index is 0.0491. The molecule has 0 saturated heterocycles. The van der Waals surface area contributed by atoms with Crippen LogP contribution in [0.2, 0.25) is 0 Å². The standard InChI is InChI=1S/C20H30O4/c1-17(2)5-4-14(22)18(3)12(17)8-16(24)20-7-6-19(10-20,11-21)15(23)9-13(18)20/h6-7,12-14,16,21-22,24H,4-5,8-11H2,1-3H3/t12-,13+,14+,16+,18-,19-,20-/m1/s1. The van der Waals surface area contributed by atoms with Gasteiger partial charge in [-0.05, 0) is 42.9 Å². The molecule has 4 rings (SSSR count). The lowest BCUT2D eigenvalue weighted by Gasteiger charge is -2.66. The smallest absolute Gasteiger partial charge is 0.145 e.